The van der Waals surface area contributed by atoms with E-state index in [4.69, 9.17) is 9.73 Å². The number of aromatic nitrogens is 1. The predicted octanol–water partition coefficient (Wildman–Crippen LogP) is 4.80. The molecule has 1 heterocycles. The number of anilines is 1. The quantitative estimate of drug-likeness (QED) is 0.221. The lowest BCUT2D eigenvalue weighted by atomic mass is 10.0. The topological polar surface area (TPSA) is 84.1 Å². The molecule has 0 aliphatic heterocycles. The first-order chi connectivity index (χ1) is 16.8. The summed E-state index contributed by atoms with van der Waals surface area (Å²) in [7, 11) is 5.59. The van der Waals surface area contributed by atoms with E-state index in [0.29, 0.717) is 18.8 Å². The van der Waals surface area contributed by atoms with Crippen LogP contribution in [0.3, 0.4) is 0 Å². The summed E-state index contributed by atoms with van der Waals surface area (Å²) in [5.74, 6) is -0.187. The third-order valence-corrected chi connectivity index (χ3v) is 5.04. The molecule has 3 rings (SSSR count). The first-order valence-corrected chi connectivity index (χ1v) is 10.9. The van der Waals surface area contributed by atoms with Gasteiger partial charge in [0, 0.05) is 31.3 Å². The average molecular weight is 484 g/mol. The Morgan fingerprint density at radius 1 is 1.03 bits per heavy atom. The van der Waals surface area contributed by atoms with E-state index in [-0.39, 0.29) is 11.5 Å². The molecule has 10 heteroatoms. The number of rotatable bonds is 11. The van der Waals surface area contributed by atoms with Crippen LogP contribution >= 0.6 is 0 Å². The summed E-state index contributed by atoms with van der Waals surface area (Å²) < 4.78 is 30.6. The van der Waals surface area contributed by atoms with Crippen LogP contribution in [0.5, 0.6) is 5.88 Å². The molecule has 0 atom stereocenters. The summed E-state index contributed by atoms with van der Waals surface area (Å²) in [5.41, 5.74) is 1.90. The Morgan fingerprint density at radius 2 is 1.60 bits per heavy atom. The lowest BCUT2D eigenvalue weighted by Gasteiger charge is -2.23. The fraction of sp³-hybridized carbons (Fsp3) is 0.280. The van der Waals surface area contributed by atoms with Gasteiger partial charge in [-0.05, 0) is 14.1 Å². The molecule has 0 aliphatic carbocycles. The molecule has 0 saturated carbocycles. The van der Waals surface area contributed by atoms with Crippen molar-refractivity contribution in [3.63, 3.8) is 0 Å². The minimum Gasteiger partial charge on any atom is -0.467 e. The zero-order valence-corrected chi connectivity index (χ0v) is 19.8. The van der Waals surface area contributed by atoms with Crippen molar-refractivity contribution in [3.05, 3.63) is 88.0 Å². The maximum atomic E-state index is 12.8. The zero-order chi connectivity index (χ0) is 25.4. The monoisotopic (exact) mass is 483 g/mol. The fourth-order valence-electron chi connectivity index (χ4n) is 3.27. The van der Waals surface area contributed by atoms with Crippen LogP contribution in [0.1, 0.15) is 11.1 Å². The van der Waals surface area contributed by atoms with Crippen LogP contribution in [-0.2, 0) is 0 Å². The van der Waals surface area contributed by atoms with E-state index in [1.807, 2.05) is 79.7 Å². The summed E-state index contributed by atoms with van der Waals surface area (Å²) in [6.07, 6.45) is -2.80. The Balaban J connectivity index is 2.22. The van der Waals surface area contributed by atoms with Gasteiger partial charge < -0.3 is 14.5 Å². The number of likely N-dealkylation sites (N-methyl/N-ethyl adjacent to an activating group) is 2. The van der Waals surface area contributed by atoms with Crippen LogP contribution < -0.4 is 9.64 Å². The number of nitro groups is 1. The lowest BCUT2D eigenvalue weighted by Crippen LogP contribution is -2.29. The molecule has 184 valence electrons. The molecule has 0 bridgehead atoms. The molecular weight excluding hydrogens is 456 g/mol. The van der Waals surface area contributed by atoms with Crippen molar-refractivity contribution in [2.45, 2.75) is 6.43 Å². The highest BCUT2D eigenvalue weighted by Crippen LogP contribution is 2.37. The van der Waals surface area contributed by atoms with Crippen molar-refractivity contribution in [1.29, 1.82) is 0 Å². The van der Waals surface area contributed by atoms with Gasteiger partial charge in [-0.25, -0.2) is 13.8 Å². The van der Waals surface area contributed by atoms with Crippen LogP contribution in [0.25, 0.3) is 0 Å². The Hall–Kier alpha value is -3.92. The second-order valence-corrected chi connectivity index (χ2v) is 8.03. The number of pyridine rings is 1. The van der Waals surface area contributed by atoms with Crippen molar-refractivity contribution < 1.29 is 18.4 Å². The number of aliphatic imine (C=N–C) groups is 1. The molecular formula is C25H27F2N5O3. The molecule has 0 radical (unpaired) electrons. The number of halogens is 2. The summed E-state index contributed by atoms with van der Waals surface area (Å²) in [4.78, 5) is 23.9. The van der Waals surface area contributed by atoms with E-state index in [9.17, 15) is 18.9 Å². The highest BCUT2D eigenvalue weighted by Gasteiger charge is 2.25. The van der Waals surface area contributed by atoms with Gasteiger partial charge in [-0.3, -0.25) is 10.1 Å². The molecule has 0 unspecified atom stereocenters. The minimum absolute atomic E-state index is 0.227. The summed E-state index contributed by atoms with van der Waals surface area (Å²) >= 11 is 0. The van der Waals surface area contributed by atoms with Crippen LogP contribution in [0.2, 0.25) is 0 Å². The molecule has 2 aromatic carbocycles. The normalized spacial score (nSPS) is 10.9. The van der Waals surface area contributed by atoms with E-state index in [1.54, 1.807) is 11.9 Å². The highest BCUT2D eigenvalue weighted by molar-refractivity contribution is 6.14. The first kappa shape index (κ1) is 25.7. The Kier molecular flexibility index (Phi) is 8.80. The van der Waals surface area contributed by atoms with Gasteiger partial charge >= 0.3 is 5.69 Å². The van der Waals surface area contributed by atoms with Gasteiger partial charge in [0.05, 0.1) is 16.7 Å². The van der Waals surface area contributed by atoms with Crippen LogP contribution in [0, 0.1) is 10.1 Å². The maximum Gasteiger partial charge on any atom is 0.333 e. The van der Waals surface area contributed by atoms with Gasteiger partial charge in [0.1, 0.15) is 5.69 Å². The van der Waals surface area contributed by atoms with E-state index in [2.05, 4.69) is 4.98 Å². The number of hydrogen-bond acceptors (Lipinski definition) is 7. The SMILES string of the molecule is CN(C)CCN(C)c1nc(OCC(F)F)c([N+](=O)[O-])cc1N=C(c1ccccc1)c1ccccc1. The van der Waals surface area contributed by atoms with Crippen molar-refractivity contribution >= 4 is 22.9 Å². The van der Waals surface area contributed by atoms with E-state index in [0.717, 1.165) is 11.1 Å². The fourth-order valence-corrected chi connectivity index (χ4v) is 3.27. The molecule has 0 spiro atoms. The van der Waals surface area contributed by atoms with E-state index in [1.165, 1.54) is 6.07 Å². The second kappa shape index (κ2) is 12.0. The number of benzene rings is 2. The molecule has 0 aliphatic rings. The lowest BCUT2D eigenvalue weighted by molar-refractivity contribution is -0.386. The van der Waals surface area contributed by atoms with Crippen molar-refractivity contribution in [3.8, 4) is 5.88 Å². The summed E-state index contributed by atoms with van der Waals surface area (Å²) in [5, 5.41) is 11.8. The van der Waals surface area contributed by atoms with Gasteiger partial charge in [0.15, 0.2) is 12.4 Å². The molecule has 0 N–H and O–H groups in total. The third-order valence-electron chi connectivity index (χ3n) is 5.04. The average Bonchev–Trinajstić information content (AvgIpc) is 2.85. The largest absolute Gasteiger partial charge is 0.467 e. The molecule has 8 nitrogen and oxygen atoms in total. The van der Waals surface area contributed by atoms with Crippen molar-refractivity contribution in [2.24, 2.45) is 4.99 Å². The minimum atomic E-state index is -2.80. The zero-order valence-electron chi connectivity index (χ0n) is 19.8. The number of alkyl halides is 2. The number of ether oxygens (including phenoxy) is 1. The molecule has 3 aromatic rings. The number of nitrogens with zero attached hydrogens (tertiary/aromatic N) is 5. The van der Waals surface area contributed by atoms with E-state index >= 15 is 0 Å². The molecule has 0 saturated heterocycles. The van der Waals surface area contributed by atoms with Gasteiger partial charge in [-0.2, -0.15) is 4.98 Å². The molecule has 1 aromatic heterocycles. The summed E-state index contributed by atoms with van der Waals surface area (Å²) in [6.45, 7) is 0.174. The van der Waals surface area contributed by atoms with E-state index < -0.39 is 29.5 Å². The number of hydrogen-bond donors (Lipinski definition) is 0. The Morgan fingerprint density at radius 3 is 2.09 bits per heavy atom. The summed E-state index contributed by atoms with van der Waals surface area (Å²) in [6, 6.07) is 20.1. The maximum absolute atomic E-state index is 12.8. The van der Waals surface area contributed by atoms with Gasteiger partial charge in [0.2, 0.25) is 0 Å². The third kappa shape index (κ3) is 7.03. The predicted molar refractivity (Wildman–Crippen MR) is 132 cm³/mol. The van der Waals surface area contributed by atoms with Crippen LogP contribution in [-0.4, -0.2) is 67.8 Å². The van der Waals surface area contributed by atoms with Crippen LogP contribution in [0.4, 0.5) is 26.0 Å². The Bertz CT molecular complexity index is 1120. The first-order valence-electron chi connectivity index (χ1n) is 10.9. The van der Waals surface area contributed by atoms with Gasteiger partial charge in [0.25, 0.3) is 12.3 Å². The second-order valence-electron chi connectivity index (χ2n) is 8.03. The van der Waals surface area contributed by atoms with Crippen molar-refractivity contribution in [1.82, 2.24) is 9.88 Å². The Labute approximate surface area is 202 Å². The van der Waals surface area contributed by atoms with Gasteiger partial charge in [-0.15, -0.1) is 0 Å². The molecule has 0 fully saturated rings. The highest BCUT2D eigenvalue weighted by atomic mass is 19.3. The smallest absolute Gasteiger partial charge is 0.333 e. The standard InChI is InChI=1S/C25H27F2N5O3/c1-30(2)14-15-31(3)24-20(16-21(32(33)34)25(29-24)35-17-22(26)27)28-23(18-10-6-4-7-11-18)19-12-8-5-9-13-19/h4-13,16,22H,14-15,17H2,1-3H3. The molecule has 35 heavy (non-hydrogen) atoms. The van der Waals surface area contributed by atoms with Crippen LogP contribution in [0.15, 0.2) is 71.7 Å². The van der Waals surface area contributed by atoms with Crippen molar-refractivity contribution in [2.75, 3.05) is 45.7 Å². The molecule has 0 amide bonds. The van der Waals surface area contributed by atoms with Gasteiger partial charge in [-0.1, -0.05) is 60.7 Å².